The van der Waals surface area contributed by atoms with Gasteiger partial charge in [0, 0.05) is 50.5 Å². The number of fused-ring (bicyclic) bond motifs is 1. The summed E-state index contributed by atoms with van der Waals surface area (Å²) < 4.78 is 13.3. The van der Waals surface area contributed by atoms with Crippen molar-refractivity contribution < 1.29 is 14.3 Å². The summed E-state index contributed by atoms with van der Waals surface area (Å²) in [5.41, 5.74) is 8.60. The molecule has 2 aromatic heterocycles. The van der Waals surface area contributed by atoms with Crippen LogP contribution < -0.4 is 10.5 Å². The number of carbonyl (C=O) groups excluding carboxylic acids is 1. The lowest BCUT2D eigenvalue weighted by atomic mass is 10.1. The van der Waals surface area contributed by atoms with Crippen molar-refractivity contribution in [3.05, 3.63) is 73.1 Å². The van der Waals surface area contributed by atoms with Crippen LogP contribution >= 0.6 is 0 Å². The molecule has 2 aliphatic rings. The molecule has 0 spiro atoms. The molecule has 1 atom stereocenters. The predicted molar refractivity (Wildman–Crippen MR) is 158 cm³/mol. The molecule has 0 aliphatic carbocycles. The Hall–Kier alpha value is -4.28. The van der Waals surface area contributed by atoms with Gasteiger partial charge in [-0.25, -0.2) is 14.6 Å². The van der Waals surface area contributed by atoms with Crippen molar-refractivity contribution in [3.63, 3.8) is 0 Å². The zero-order valence-electron chi connectivity index (χ0n) is 23.2. The Balaban J connectivity index is 1.16. The fourth-order valence-electron chi connectivity index (χ4n) is 5.60. The van der Waals surface area contributed by atoms with Gasteiger partial charge in [-0.2, -0.15) is 5.10 Å². The maximum absolute atomic E-state index is 13.0. The van der Waals surface area contributed by atoms with Crippen LogP contribution in [0, 0.1) is 0 Å². The highest BCUT2D eigenvalue weighted by atomic mass is 16.5. The molecule has 0 saturated carbocycles. The average Bonchev–Trinajstić information content (AvgIpc) is 3.65. The number of aromatic nitrogens is 4. The summed E-state index contributed by atoms with van der Waals surface area (Å²) in [5, 5.41) is 5.68. The van der Waals surface area contributed by atoms with Crippen molar-refractivity contribution in [1.29, 1.82) is 0 Å². The monoisotopic (exact) mass is 553 g/mol. The Morgan fingerprint density at radius 1 is 1.07 bits per heavy atom. The number of ether oxygens (including phenoxy) is 2. The lowest BCUT2D eigenvalue weighted by Gasteiger charge is -2.30. The van der Waals surface area contributed by atoms with E-state index >= 15 is 0 Å². The van der Waals surface area contributed by atoms with E-state index in [-0.39, 0.29) is 11.9 Å². The standard InChI is InChI=1S/C31H35N7O3/c1-36(23-14-18-40-19-15-23)16-5-8-27(39)37-17-13-24(20-37)38-31-28(30(32)33-21-34-31)29(35-38)22-9-11-26(12-10-22)41-25-6-3-2-4-7-25/h2-12,21,23-24H,13-20H2,1H3,(H2,32,33,34)/b8-5+/t24-/m1/s1. The fraction of sp³-hybridized carbons (Fsp3) is 0.355. The summed E-state index contributed by atoms with van der Waals surface area (Å²) in [7, 11) is 2.11. The smallest absolute Gasteiger partial charge is 0.246 e. The van der Waals surface area contributed by atoms with Crippen LogP contribution in [0.4, 0.5) is 5.82 Å². The molecule has 2 fully saturated rings. The van der Waals surface area contributed by atoms with Gasteiger partial charge in [-0.3, -0.25) is 9.69 Å². The van der Waals surface area contributed by atoms with Gasteiger partial charge in [0.05, 0.1) is 11.4 Å². The van der Waals surface area contributed by atoms with Gasteiger partial charge in [0.25, 0.3) is 0 Å². The molecule has 0 radical (unpaired) electrons. The number of para-hydroxylation sites is 1. The van der Waals surface area contributed by atoms with Crippen LogP contribution in [-0.2, 0) is 9.53 Å². The quantitative estimate of drug-likeness (QED) is 0.322. The van der Waals surface area contributed by atoms with E-state index in [2.05, 4.69) is 21.9 Å². The second kappa shape index (κ2) is 12.1. The molecule has 2 saturated heterocycles. The van der Waals surface area contributed by atoms with Crippen molar-refractivity contribution in [2.75, 3.05) is 45.6 Å². The number of rotatable bonds is 8. The Labute approximate surface area is 239 Å². The van der Waals surface area contributed by atoms with Gasteiger partial charge in [-0.05, 0) is 62.7 Å². The van der Waals surface area contributed by atoms with Crippen molar-refractivity contribution in [2.45, 2.75) is 31.3 Å². The van der Waals surface area contributed by atoms with Gasteiger partial charge in [-0.1, -0.05) is 24.3 Å². The van der Waals surface area contributed by atoms with E-state index < -0.39 is 0 Å². The molecule has 0 unspecified atom stereocenters. The minimum absolute atomic E-state index is 0.0106. The van der Waals surface area contributed by atoms with Gasteiger partial charge >= 0.3 is 0 Å². The number of likely N-dealkylation sites (tertiary alicyclic amines) is 1. The first-order valence-corrected chi connectivity index (χ1v) is 14.1. The highest BCUT2D eigenvalue weighted by Crippen LogP contribution is 2.35. The summed E-state index contributed by atoms with van der Waals surface area (Å²) in [6, 6.07) is 17.9. The number of nitrogens with two attached hydrogens (primary N) is 1. The summed E-state index contributed by atoms with van der Waals surface area (Å²) in [5.74, 6) is 1.90. The Morgan fingerprint density at radius 2 is 1.83 bits per heavy atom. The van der Waals surface area contributed by atoms with Crippen LogP contribution in [0.2, 0.25) is 0 Å². The minimum Gasteiger partial charge on any atom is -0.457 e. The molecule has 4 aromatic rings. The summed E-state index contributed by atoms with van der Waals surface area (Å²) in [6.07, 6.45) is 7.98. The van der Waals surface area contributed by atoms with E-state index in [1.165, 1.54) is 6.33 Å². The van der Waals surface area contributed by atoms with Crippen molar-refractivity contribution in [2.24, 2.45) is 0 Å². The van der Waals surface area contributed by atoms with Gasteiger partial charge < -0.3 is 20.1 Å². The van der Waals surface area contributed by atoms with Crippen LogP contribution in [0.3, 0.4) is 0 Å². The Bertz CT molecular complexity index is 1510. The number of nitrogens with zero attached hydrogens (tertiary/aromatic N) is 6. The largest absolute Gasteiger partial charge is 0.457 e. The summed E-state index contributed by atoms with van der Waals surface area (Å²) in [4.78, 5) is 25.9. The summed E-state index contributed by atoms with van der Waals surface area (Å²) >= 11 is 0. The second-order valence-electron chi connectivity index (χ2n) is 10.6. The molecule has 1 amide bonds. The molecule has 2 N–H and O–H groups in total. The Kier molecular flexibility index (Phi) is 7.93. The second-order valence-corrected chi connectivity index (χ2v) is 10.6. The van der Waals surface area contributed by atoms with Crippen molar-refractivity contribution in [3.8, 4) is 22.8 Å². The van der Waals surface area contributed by atoms with E-state index in [0.717, 1.165) is 56.1 Å². The summed E-state index contributed by atoms with van der Waals surface area (Å²) in [6.45, 7) is 3.57. The average molecular weight is 554 g/mol. The molecule has 0 bridgehead atoms. The number of amides is 1. The maximum Gasteiger partial charge on any atom is 0.246 e. The first-order chi connectivity index (χ1) is 20.1. The lowest BCUT2D eigenvalue weighted by molar-refractivity contribution is -0.125. The van der Waals surface area contributed by atoms with Gasteiger partial charge in [0.15, 0.2) is 5.65 Å². The van der Waals surface area contributed by atoms with E-state index in [4.69, 9.17) is 20.3 Å². The molecule has 4 heterocycles. The molecule has 41 heavy (non-hydrogen) atoms. The number of hydrogen-bond acceptors (Lipinski definition) is 8. The van der Waals surface area contributed by atoms with Crippen LogP contribution in [0.5, 0.6) is 11.5 Å². The highest BCUT2D eigenvalue weighted by molar-refractivity contribution is 5.98. The van der Waals surface area contributed by atoms with Crippen LogP contribution in [-0.4, -0.2) is 81.4 Å². The first kappa shape index (κ1) is 26.9. The molecule has 10 heteroatoms. The normalized spacial score (nSPS) is 18.1. The molecule has 212 valence electrons. The van der Waals surface area contributed by atoms with E-state index in [1.807, 2.05) is 70.3 Å². The zero-order chi connectivity index (χ0) is 28.2. The predicted octanol–water partition coefficient (Wildman–Crippen LogP) is 4.31. The zero-order valence-corrected chi connectivity index (χ0v) is 23.2. The highest BCUT2D eigenvalue weighted by Gasteiger charge is 2.30. The third kappa shape index (κ3) is 5.94. The van der Waals surface area contributed by atoms with Crippen LogP contribution in [0.1, 0.15) is 25.3 Å². The number of nitrogen functional groups attached to an aromatic ring is 1. The third-order valence-corrected chi connectivity index (χ3v) is 7.91. The molecule has 2 aromatic carbocycles. The van der Waals surface area contributed by atoms with E-state index in [9.17, 15) is 4.79 Å². The van der Waals surface area contributed by atoms with Gasteiger partial charge in [0.2, 0.25) is 5.91 Å². The number of likely N-dealkylation sites (N-methyl/N-ethyl adjacent to an activating group) is 1. The number of carbonyl (C=O) groups is 1. The van der Waals surface area contributed by atoms with Crippen LogP contribution in [0.15, 0.2) is 73.1 Å². The number of benzene rings is 2. The lowest BCUT2D eigenvalue weighted by Crippen LogP contribution is -2.36. The molecule has 2 aliphatic heterocycles. The van der Waals surface area contributed by atoms with Gasteiger partial charge in [-0.15, -0.1) is 0 Å². The third-order valence-electron chi connectivity index (χ3n) is 7.91. The maximum atomic E-state index is 13.0. The topological polar surface area (TPSA) is 112 Å². The number of hydrogen-bond donors (Lipinski definition) is 1. The molecule has 10 nitrogen and oxygen atoms in total. The molecular formula is C31H35N7O3. The number of anilines is 1. The van der Waals surface area contributed by atoms with E-state index in [1.54, 1.807) is 6.08 Å². The van der Waals surface area contributed by atoms with Crippen LogP contribution in [0.25, 0.3) is 22.3 Å². The first-order valence-electron chi connectivity index (χ1n) is 14.1. The Morgan fingerprint density at radius 3 is 2.61 bits per heavy atom. The van der Waals surface area contributed by atoms with E-state index in [0.29, 0.717) is 41.7 Å². The van der Waals surface area contributed by atoms with Crippen molar-refractivity contribution >= 4 is 22.8 Å². The van der Waals surface area contributed by atoms with Gasteiger partial charge in [0.1, 0.15) is 29.3 Å². The van der Waals surface area contributed by atoms with Crippen molar-refractivity contribution in [1.82, 2.24) is 29.5 Å². The minimum atomic E-state index is -0.0106. The SMILES string of the molecule is CN(C/C=C/C(=O)N1CC[C@@H](n2nc(-c3ccc(Oc4ccccc4)cc3)c3c(N)ncnc32)C1)C1CCOCC1. The fourth-order valence-corrected chi connectivity index (χ4v) is 5.60. The molecule has 6 rings (SSSR count). The molecular weight excluding hydrogens is 518 g/mol.